The second-order valence-corrected chi connectivity index (χ2v) is 5.83. The van der Waals surface area contributed by atoms with Gasteiger partial charge in [-0.25, -0.2) is 5.48 Å². The van der Waals surface area contributed by atoms with Crippen LogP contribution in [-0.4, -0.2) is 24.2 Å². The molecule has 5 nitrogen and oxygen atoms in total. The SMILES string of the molecule is C1CNC1.Nc1ccc(C(F)(F)F)c(Cc2ccc(C(=O)NO)cc2)c1. The van der Waals surface area contributed by atoms with Crippen molar-refractivity contribution in [3.05, 3.63) is 64.7 Å². The minimum atomic E-state index is -4.46. The number of hydrogen-bond donors (Lipinski definition) is 4. The van der Waals surface area contributed by atoms with Gasteiger partial charge in [-0.1, -0.05) is 12.1 Å². The summed E-state index contributed by atoms with van der Waals surface area (Å²) in [5.41, 5.74) is 7.41. The van der Waals surface area contributed by atoms with E-state index < -0.39 is 17.6 Å². The summed E-state index contributed by atoms with van der Waals surface area (Å²) >= 11 is 0. The molecule has 5 N–H and O–H groups in total. The predicted molar refractivity (Wildman–Crippen MR) is 91.8 cm³/mol. The quantitative estimate of drug-likeness (QED) is 0.382. The Morgan fingerprint density at radius 2 is 1.73 bits per heavy atom. The first-order valence-electron chi connectivity index (χ1n) is 8.01. The Morgan fingerprint density at radius 3 is 2.19 bits per heavy atom. The van der Waals surface area contributed by atoms with Crippen LogP contribution in [-0.2, 0) is 12.6 Å². The van der Waals surface area contributed by atoms with Crippen molar-refractivity contribution >= 4 is 11.6 Å². The van der Waals surface area contributed by atoms with E-state index >= 15 is 0 Å². The van der Waals surface area contributed by atoms with Crippen molar-refractivity contribution in [3.63, 3.8) is 0 Å². The maximum atomic E-state index is 13.0. The van der Waals surface area contributed by atoms with Crippen LogP contribution >= 0.6 is 0 Å². The molecular weight excluding hydrogens is 347 g/mol. The molecular formula is C18H20F3N3O2. The summed E-state index contributed by atoms with van der Waals surface area (Å²) in [7, 11) is 0. The van der Waals surface area contributed by atoms with E-state index in [1.165, 1.54) is 61.4 Å². The van der Waals surface area contributed by atoms with E-state index in [-0.39, 0.29) is 23.2 Å². The monoisotopic (exact) mass is 367 g/mol. The molecule has 1 saturated heterocycles. The van der Waals surface area contributed by atoms with Crippen molar-refractivity contribution in [2.75, 3.05) is 18.8 Å². The summed E-state index contributed by atoms with van der Waals surface area (Å²) < 4.78 is 38.9. The standard InChI is InChI=1S/C15H13F3N2O2.C3H7N/c16-15(17,18)13-6-5-12(19)8-11(13)7-9-1-3-10(4-2-9)14(21)20-22;1-2-4-3-1/h1-6,8,22H,7,19H2,(H,20,21);4H,1-3H2. The maximum Gasteiger partial charge on any atom is 0.416 e. The van der Waals surface area contributed by atoms with Gasteiger partial charge in [0, 0.05) is 11.3 Å². The number of carbonyl (C=O) groups excluding carboxylic acids is 1. The predicted octanol–water partition coefficient (Wildman–Crippen LogP) is 2.98. The van der Waals surface area contributed by atoms with Gasteiger partial charge in [-0.05, 0) is 67.4 Å². The molecule has 2 aromatic rings. The number of rotatable bonds is 3. The highest BCUT2D eigenvalue weighted by atomic mass is 19.4. The number of nitrogens with two attached hydrogens (primary N) is 1. The Bertz CT molecular complexity index is 738. The Hall–Kier alpha value is -2.58. The zero-order chi connectivity index (χ0) is 19.2. The topological polar surface area (TPSA) is 87.4 Å². The average Bonchev–Trinajstić information content (AvgIpc) is 2.52. The Morgan fingerprint density at radius 1 is 1.15 bits per heavy atom. The minimum absolute atomic E-state index is 0.0287. The van der Waals surface area contributed by atoms with E-state index in [9.17, 15) is 18.0 Å². The number of benzene rings is 2. The third-order valence-electron chi connectivity index (χ3n) is 3.85. The van der Waals surface area contributed by atoms with Gasteiger partial charge in [-0.3, -0.25) is 10.0 Å². The first-order chi connectivity index (χ1) is 12.3. The Balaban J connectivity index is 0.000000534. The van der Waals surface area contributed by atoms with Crippen LogP contribution in [0.3, 0.4) is 0 Å². The van der Waals surface area contributed by atoms with Gasteiger partial charge in [0.05, 0.1) is 5.56 Å². The van der Waals surface area contributed by atoms with E-state index in [0.29, 0.717) is 5.56 Å². The largest absolute Gasteiger partial charge is 0.416 e. The van der Waals surface area contributed by atoms with Crippen molar-refractivity contribution in [1.29, 1.82) is 0 Å². The van der Waals surface area contributed by atoms with Gasteiger partial charge in [-0.15, -0.1) is 0 Å². The highest BCUT2D eigenvalue weighted by Crippen LogP contribution is 2.34. The molecule has 0 bridgehead atoms. The van der Waals surface area contributed by atoms with Crippen LogP contribution in [0.4, 0.5) is 18.9 Å². The van der Waals surface area contributed by atoms with Crippen molar-refractivity contribution in [2.45, 2.75) is 19.0 Å². The van der Waals surface area contributed by atoms with E-state index in [0.717, 1.165) is 6.07 Å². The van der Waals surface area contributed by atoms with Crippen LogP contribution in [0.2, 0.25) is 0 Å². The van der Waals surface area contributed by atoms with Gasteiger partial charge >= 0.3 is 6.18 Å². The molecule has 0 spiro atoms. The third-order valence-corrected chi connectivity index (χ3v) is 3.85. The molecule has 1 aliphatic rings. The summed E-state index contributed by atoms with van der Waals surface area (Å²) in [6, 6.07) is 9.33. The molecule has 140 valence electrons. The lowest BCUT2D eigenvalue weighted by molar-refractivity contribution is -0.138. The molecule has 0 aromatic heterocycles. The summed E-state index contributed by atoms with van der Waals surface area (Å²) in [6.07, 6.45) is -3.04. The summed E-state index contributed by atoms with van der Waals surface area (Å²) in [5, 5.41) is 11.6. The maximum absolute atomic E-state index is 13.0. The smallest absolute Gasteiger partial charge is 0.399 e. The van der Waals surface area contributed by atoms with Crippen LogP contribution < -0.4 is 16.5 Å². The van der Waals surface area contributed by atoms with Crippen molar-refractivity contribution in [1.82, 2.24) is 10.8 Å². The number of nitrogens with one attached hydrogen (secondary N) is 2. The first kappa shape index (κ1) is 19.7. The lowest BCUT2D eigenvalue weighted by atomic mass is 9.98. The molecule has 0 atom stereocenters. The van der Waals surface area contributed by atoms with E-state index in [2.05, 4.69) is 5.32 Å². The fraction of sp³-hybridized carbons (Fsp3) is 0.278. The van der Waals surface area contributed by atoms with Crippen molar-refractivity contribution in [2.24, 2.45) is 0 Å². The number of hydroxylamine groups is 1. The highest BCUT2D eigenvalue weighted by molar-refractivity contribution is 5.93. The number of carbonyl (C=O) groups is 1. The van der Waals surface area contributed by atoms with Crippen LogP contribution in [0.25, 0.3) is 0 Å². The van der Waals surface area contributed by atoms with Crippen LogP contribution in [0, 0.1) is 0 Å². The summed E-state index contributed by atoms with van der Waals surface area (Å²) in [4.78, 5) is 11.2. The lowest BCUT2D eigenvalue weighted by Gasteiger charge is -2.13. The number of halogens is 3. The van der Waals surface area contributed by atoms with Gasteiger partial charge in [0.15, 0.2) is 0 Å². The van der Waals surface area contributed by atoms with E-state index in [1.807, 2.05) is 0 Å². The number of anilines is 1. The fourth-order valence-corrected chi connectivity index (χ4v) is 2.27. The Kier molecular flexibility index (Phi) is 6.59. The first-order valence-corrected chi connectivity index (χ1v) is 8.01. The molecule has 1 heterocycles. The van der Waals surface area contributed by atoms with Gasteiger partial charge in [0.1, 0.15) is 0 Å². The third kappa shape index (κ3) is 5.47. The highest BCUT2D eigenvalue weighted by Gasteiger charge is 2.33. The van der Waals surface area contributed by atoms with Gasteiger partial charge in [0.25, 0.3) is 5.91 Å². The minimum Gasteiger partial charge on any atom is -0.399 e. The Labute approximate surface area is 149 Å². The molecule has 1 fully saturated rings. The number of hydrogen-bond acceptors (Lipinski definition) is 4. The molecule has 26 heavy (non-hydrogen) atoms. The van der Waals surface area contributed by atoms with Gasteiger partial charge in [-0.2, -0.15) is 13.2 Å². The summed E-state index contributed by atoms with van der Waals surface area (Å²) in [6.45, 7) is 2.50. The molecule has 3 rings (SSSR count). The van der Waals surface area contributed by atoms with E-state index in [4.69, 9.17) is 10.9 Å². The second-order valence-electron chi connectivity index (χ2n) is 5.83. The fourth-order valence-electron chi connectivity index (χ4n) is 2.27. The van der Waals surface area contributed by atoms with Gasteiger partial charge < -0.3 is 11.1 Å². The zero-order valence-electron chi connectivity index (χ0n) is 13.9. The molecule has 0 radical (unpaired) electrons. The van der Waals surface area contributed by atoms with Gasteiger partial charge in [0.2, 0.25) is 0 Å². The normalized spacial score (nSPS) is 13.2. The van der Waals surface area contributed by atoms with Crippen LogP contribution in [0.5, 0.6) is 0 Å². The zero-order valence-corrected chi connectivity index (χ0v) is 13.9. The number of amides is 1. The molecule has 2 aromatic carbocycles. The molecule has 8 heteroatoms. The van der Waals surface area contributed by atoms with E-state index in [1.54, 1.807) is 0 Å². The van der Waals surface area contributed by atoms with Crippen LogP contribution in [0.15, 0.2) is 42.5 Å². The molecule has 0 unspecified atom stereocenters. The molecule has 0 saturated carbocycles. The van der Waals surface area contributed by atoms with Crippen molar-refractivity contribution in [3.8, 4) is 0 Å². The molecule has 0 aliphatic carbocycles. The lowest BCUT2D eigenvalue weighted by Crippen LogP contribution is -2.29. The van der Waals surface area contributed by atoms with Crippen LogP contribution in [0.1, 0.15) is 33.5 Å². The molecule has 1 amide bonds. The van der Waals surface area contributed by atoms with Crippen molar-refractivity contribution < 1.29 is 23.2 Å². The average molecular weight is 367 g/mol. The summed E-state index contributed by atoms with van der Waals surface area (Å²) in [5.74, 6) is -0.688. The number of nitrogen functional groups attached to an aromatic ring is 1. The molecule has 1 aliphatic heterocycles. The number of alkyl halides is 3. The second kappa shape index (κ2) is 8.68.